The molecule has 6 nitrogen and oxygen atoms in total. The highest BCUT2D eigenvalue weighted by molar-refractivity contribution is 7.07. The van der Waals surface area contributed by atoms with Gasteiger partial charge in [-0.2, -0.15) is 0 Å². The number of rotatable bonds is 5. The second-order valence-electron chi connectivity index (χ2n) is 5.37. The summed E-state index contributed by atoms with van der Waals surface area (Å²) in [7, 11) is 0. The Hall–Kier alpha value is -2.67. The van der Waals surface area contributed by atoms with E-state index in [0.29, 0.717) is 10.5 Å². The summed E-state index contributed by atoms with van der Waals surface area (Å²) in [6.45, 7) is 4.19. The summed E-state index contributed by atoms with van der Waals surface area (Å²) in [5.41, 5.74) is 1.28. The Kier molecular flexibility index (Phi) is 4.61. The van der Waals surface area contributed by atoms with Gasteiger partial charge in [0.25, 0.3) is 5.69 Å². The molecule has 0 fully saturated rings. The number of para-hydroxylation sites is 2. The van der Waals surface area contributed by atoms with Gasteiger partial charge in [0, 0.05) is 17.5 Å². The lowest BCUT2D eigenvalue weighted by Gasteiger charge is -2.14. The lowest BCUT2D eigenvalue weighted by atomic mass is 10.2. The van der Waals surface area contributed by atoms with Gasteiger partial charge in [0.15, 0.2) is 10.6 Å². The van der Waals surface area contributed by atoms with Gasteiger partial charge >= 0.3 is 0 Å². The molecular weight excluding hydrogens is 326 g/mol. The van der Waals surface area contributed by atoms with E-state index >= 15 is 0 Å². The lowest BCUT2D eigenvalue weighted by Crippen LogP contribution is -2.19. The predicted molar refractivity (Wildman–Crippen MR) is 93.3 cm³/mol. The van der Waals surface area contributed by atoms with E-state index in [9.17, 15) is 10.1 Å². The minimum absolute atomic E-state index is 0.00106. The fourth-order valence-corrected chi connectivity index (χ4v) is 3.42. The van der Waals surface area contributed by atoms with Crippen molar-refractivity contribution in [2.24, 2.45) is 4.99 Å². The molecule has 0 aliphatic rings. The maximum absolute atomic E-state index is 11.2. The van der Waals surface area contributed by atoms with Crippen molar-refractivity contribution in [3.8, 4) is 11.5 Å². The molecule has 0 radical (unpaired) electrons. The monoisotopic (exact) mass is 343 g/mol. The SMILES string of the molecule is CCC(C)n1c(-c2ccco2)csc1=Nc1ccccc1[N+](=O)[O-]. The fourth-order valence-electron chi connectivity index (χ4n) is 2.43. The third-order valence-corrected chi connectivity index (χ3v) is 4.68. The summed E-state index contributed by atoms with van der Waals surface area (Å²) in [4.78, 5) is 16.1. The van der Waals surface area contributed by atoms with Crippen LogP contribution in [0.2, 0.25) is 0 Å². The van der Waals surface area contributed by atoms with E-state index in [0.717, 1.165) is 17.9 Å². The zero-order valence-corrected chi connectivity index (χ0v) is 14.2. The number of furan rings is 1. The Bertz CT molecular complexity index is 909. The standard InChI is InChI=1S/C17H17N3O3S/c1-3-12(2)19-15(16-9-6-10-23-16)11-24-17(19)18-13-7-4-5-8-14(13)20(21)22/h4-12H,3H2,1-2H3. The topological polar surface area (TPSA) is 73.6 Å². The average molecular weight is 343 g/mol. The molecule has 3 rings (SSSR count). The summed E-state index contributed by atoms with van der Waals surface area (Å²) < 4.78 is 7.59. The van der Waals surface area contributed by atoms with E-state index in [-0.39, 0.29) is 11.7 Å². The second kappa shape index (κ2) is 6.84. The van der Waals surface area contributed by atoms with Crippen molar-refractivity contribution in [3.05, 3.63) is 63.0 Å². The van der Waals surface area contributed by atoms with Crippen molar-refractivity contribution in [1.29, 1.82) is 0 Å². The number of benzene rings is 1. The maximum Gasteiger partial charge on any atom is 0.294 e. The van der Waals surface area contributed by atoms with E-state index in [1.807, 2.05) is 17.5 Å². The highest BCUT2D eigenvalue weighted by Gasteiger charge is 2.16. The molecule has 124 valence electrons. The first-order valence-corrected chi connectivity index (χ1v) is 8.51. The molecule has 0 bridgehead atoms. The molecule has 24 heavy (non-hydrogen) atoms. The van der Waals surface area contributed by atoms with Crippen molar-refractivity contribution in [3.63, 3.8) is 0 Å². The number of thiazole rings is 1. The number of hydrogen-bond donors (Lipinski definition) is 0. The van der Waals surface area contributed by atoms with Gasteiger partial charge in [-0.25, -0.2) is 4.99 Å². The highest BCUT2D eigenvalue weighted by Crippen LogP contribution is 2.28. The highest BCUT2D eigenvalue weighted by atomic mass is 32.1. The van der Waals surface area contributed by atoms with Gasteiger partial charge in [-0.05, 0) is 31.5 Å². The van der Waals surface area contributed by atoms with Crippen LogP contribution in [0.5, 0.6) is 0 Å². The fraction of sp³-hybridized carbons (Fsp3) is 0.235. The second-order valence-corrected chi connectivity index (χ2v) is 6.20. The van der Waals surface area contributed by atoms with Gasteiger partial charge in [0.05, 0.1) is 16.9 Å². The smallest absolute Gasteiger partial charge is 0.294 e. The van der Waals surface area contributed by atoms with E-state index in [1.54, 1.807) is 24.5 Å². The van der Waals surface area contributed by atoms with Crippen molar-refractivity contribution < 1.29 is 9.34 Å². The molecule has 0 N–H and O–H groups in total. The number of nitro groups is 1. The van der Waals surface area contributed by atoms with Crippen LogP contribution >= 0.6 is 11.3 Å². The van der Waals surface area contributed by atoms with Crippen LogP contribution in [0.1, 0.15) is 26.3 Å². The van der Waals surface area contributed by atoms with Crippen LogP contribution < -0.4 is 4.80 Å². The molecule has 0 amide bonds. The molecule has 2 heterocycles. The third kappa shape index (κ3) is 3.03. The van der Waals surface area contributed by atoms with Crippen molar-refractivity contribution >= 4 is 22.7 Å². The van der Waals surface area contributed by atoms with E-state index in [2.05, 4.69) is 23.4 Å². The van der Waals surface area contributed by atoms with Gasteiger partial charge in [-0.3, -0.25) is 10.1 Å². The van der Waals surface area contributed by atoms with Crippen LogP contribution in [0.4, 0.5) is 11.4 Å². The molecule has 0 aliphatic heterocycles. The van der Waals surface area contributed by atoms with Crippen molar-refractivity contribution in [1.82, 2.24) is 4.57 Å². The Labute approximate surface area is 142 Å². The Morgan fingerprint density at radius 1 is 1.33 bits per heavy atom. The first-order valence-electron chi connectivity index (χ1n) is 7.64. The Balaban J connectivity index is 2.21. The van der Waals surface area contributed by atoms with Gasteiger partial charge in [0.1, 0.15) is 5.69 Å². The largest absolute Gasteiger partial charge is 0.463 e. The number of nitro benzene ring substituents is 1. The van der Waals surface area contributed by atoms with Crippen LogP contribution in [0, 0.1) is 10.1 Å². The van der Waals surface area contributed by atoms with Crippen LogP contribution in [0.25, 0.3) is 11.5 Å². The van der Waals surface area contributed by atoms with Crippen molar-refractivity contribution in [2.75, 3.05) is 0 Å². The molecule has 0 saturated heterocycles. The molecule has 3 aromatic rings. The van der Waals surface area contributed by atoms with E-state index < -0.39 is 4.92 Å². The minimum atomic E-state index is -0.409. The quantitative estimate of drug-likeness (QED) is 0.487. The van der Waals surface area contributed by atoms with Crippen LogP contribution in [-0.4, -0.2) is 9.49 Å². The minimum Gasteiger partial charge on any atom is -0.463 e. The summed E-state index contributed by atoms with van der Waals surface area (Å²) in [5, 5.41) is 13.2. The molecule has 2 aromatic heterocycles. The molecular formula is C17H17N3O3S. The van der Waals surface area contributed by atoms with Crippen LogP contribution in [-0.2, 0) is 0 Å². The normalized spacial score (nSPS) is 13.2. The van der Waals surface area contributed by atoms with E-state index in [1.165, 1.54) is 17.4 Å². The first kappa shape index (κ1) is 16.2. The zero-order chi connectivity index (χ0) is 17.1. The van der Waals surface area contributed by atoms with Crippen molar-refractivity contribution in [2.45, 2.75) is 26.3 Å². The lowest BCUT2D eigenvalue weighted by molar-refractivity contribution is -0.384. The molecule has 0 saturated carbocycles. The maximum atomic E-state index is 11.2. The Morgan fingerprint density at radius 3 is 2.79 bits per heavy atom. The number of hydrogen-bond acceptors (Lipinski definition) is 5. The number of aromatic nitrogens is 1. The van der Waals surface area contributed by atoms with Crippen LogP contribution in [0.15, 0.2) is 57.5 Å². The molecule has 1 atom stereocenters. The van der Waals surface area contributed by atoms with Gasteiger partial charge in [-0.15, -0.1) is 11.3 Å². The number of nitrogens with zero attached hydrogens (tertiary/aromatic N) is 3. The summed E-state index contributed by atoms with van der Waals surface area (Å²) in [5.74, 6) is 0.760. The molecule has 7 heteroatoms. The van der Waals surface area contributed by atoms with Gasteiger partial charge in [-0.1, -0.05) is 19.1 Å². The van der Waals surface area contributed by atoms with E-state index in [4.69, 9.17) is 4.42 Å². The predicted octanol–water partition coefficient (Wildman–Crippen LogP) is 4.92. The summed E-state index contributed by atoms with van der Waals surface area (Å²) in [6, 6.07) is 10.4. The summed E-state index contributed by atoms with van der Waals surface area (Å²) >= 11 is 1.45. The molecule has 1 aromatic carbocycles. The first-order chi connectivity index (χ1) is 11.6. The van der Waals surface area contributed by atoms with Crippen LogP contribution in [0.3, 0.4) is 0 Å². The summed E-state index contributed by atoms with van der Waals surface area (Å²) in [6.07, 6.45) is 2.54. The van der Waals surface area contributed by atoms with Gasteiger partial charge in [0.2, 0.25) is 0 Å². The Morgan fingerprint density at radius 2 is 2.12 bits per heavy atom. The third-order valence-electron chi connectivity index (χ3n) is 3.84. The molecule has 0 spiro atoms. The molecule has 0 aliphatic carbocycles. The zero-order valence-electron chi connectivity index (χ0n) is 13.4. The molecule has 1 unspecified atom stereocenters. The van der Waals surface area contributed by atoms with Gasteiger partial charge < -0.3 is 8.98 Å². The average Bonchev–Trinajstić information content (AvgIpc) is 3.23.